The molecule has 1 N–H and O–H groups in total. The van der Waals surface area contributed by atoms with E-state index in [4.69, 9.17) is 4.74 Å². The van der Waals surface area contributed by atoms with Crippen molar-refractivity contribution in [3.8, 4) is 5.75 Å². The molecule has 2 aromatic carbocycles. The average molecular weight is 271 g/mol. The molecule has 106 valence electrons. The average Bonchev–Trinajstić information content (AvgIpc) is 2.49. The third kappa shape index (κ3) is 6.11. The summed E-state index contributed by atoms with van der Waals surface area (Å²) in [5, 5.41) is 11.0. The predicted octanol–water partition coefficient (Wildman–Crippen LogP) is 4.34. The number of benzene rings is 2. The van der Waals surface area contributed by atoms with Gasteiger partial charge in [0.15, 0.2) is 0 Å². The first-order valence-corrected chi connectivity index (χ1v) is 6.58. The minimum Gasteiger partial charge on any atom is -0.494 e. The van der Waals surface area contributed by atoms with E-state index < -0.39 is 0 Å². The lowest BCUT2D eigenvalue weighted by Gasteiger charge is -2.01. The maximum absolute atomic E-state index is 5.35. The maximum atomic E-state index is 5.35. The second-order valence-corrected chi connectivity index (χ2v) is 3.96. The molecule has 0 unspecified atom stereocenters. The molecule has 0 saturated heterocycles. The van der Waals surface area contributed by atoms with Gasteiger partial charge in [-0.25, -0.2) is 0 Å². The van der Waals surface area contributed by atoms with Crippen LogP contribution in [-0.2, 0) is 0 Å². The van der Waals surface area contributed by atoms with Gasteiger partial charge >= 0.3 is 0 Å². The van der Waals surface area contributed by atoms with Crippen LogP contribution >= 0.6 is 0 Å². The van der Waals surface area contributed by atoms with E-state index >= 15 is 0 Å². The molecule has 0 atom stereocenters. The molecule has 4 heteroatoms. The van der Waals surface area contributed by atoms with Gasteiger partial charge in [-0.1, -0.05) is 18.2 Å². The summed E-state index contributed by atoms with van der Waals surface area (Å²) in [5.41, 5.74) is 1.67. The zero-order valence-corrected chi connectivity index (χ0v) is 12.2. The number of hydrogen-bond donors (Lipinski definition) is 1. The highest BCUT2D eigenvalue weighted by atomic mass is 16.5. The fourth-order valence-corrected chi connectivity index (χ4v) is 1.39. The van der Waals surface area contributed by atoms with Crippen LogP contribution in [0.15, 0.2) is 64.8 Å². The van der Waals surface area contributed by atoms with Gasteiger partial charge in [-0.15, -0.1) is 0 Å². The molecule has 2 aromatic rings. The summed E-state index contributed by atoms with van der Waals surface area (Å²) >= 11 is 0. The minimum atomic E-state index is 0.672. The van der Waals surface area contributed by atoms with Crippen molar-refractivity contribution in [1.29, 1.82) is 0 Å². The predicted molar refractivity (Wildman–Crippen MR) is 83.2 cm³/mol. The number of ether oxygens (including phenoxy) is 1. The van der Waals surface area contributed by atoms with Crippen LogP contribution in [0, 0.1) is 0 Å². The van der Waals surface area contributed by atoms with E-state index in [2.05, 4.69) is 15.5 Å². The first-order chi connectivity index (χ1) is 9.80. The molecule has 0 aliphatic heterocycles. The number of azo groups is 1. The molecule has 0 aliphatic carbocycles. The van der Waals surface area contributed by atoms with Crippen LogP contribution in [0.3, 0.4) is 0 Å². The number of nitrogens with one attached hydrogen (secondary N) is 1. The van der Waals surface area contributed by atoms with Crippen LogP contribution in [0.5, 0.6) is 5.75 Å². The van der Waals surface area contributed by atoms with E-state index in [0.29, 0.717) is 6.61 Å². The second kappa shape index (κ2) is 9.69. The summed E-state index contributed by atoms with van der Waals surface area (Å²) in [7, 11) is 3.75. The molecular weight excluding hydrogens is 250 g/mol. The largest absolute Gasteiger partial charge is 0.494 e. The van der Waals surface area contributed by atoms with Crippen molar-refractivity contribution >= 4 is 11.4 Å². The summed E-state index contributed by atoms with van der Waals surface area (Å²) in [6.45, 7) is 2.63. The lowest BCUT2D eigenvalue weighted by atomic mass is 10.3. The quantitative estimate of drug-likeness (QED) is 0.841. The zero-order chi connectivity index (χ0) is 14.6. The van der Waals surface area contributed by atoms with Crippen molar-refractivity contribution in [1.82, 2.24) is 5.32 Å². The van der Waals surface area contributed by atoms with Crippen molar-refractivity contribution in [2.75, 3.05) is 20.7 Å². The van der Waals surface area contributed by atoms with Gasteiger partial charge in [-0.2, -0.15) is 10.2 Å². The molecule has 0 heterocycles. The minimum absolute atomic E-state index is 0.672. The maximum Gasteiger partial charge on any atom is 0.119 e. The molecular formula is C16H21N3O. The first-order valence-electron chi connectivity index (χ1n) is 6.58. The normalized spacial score (nSPS) is 9.95. The van der Waals surface area contributed by atoms with Crippen LogP contribution in [-0.4, -0.2) is 20.7 Å². The van der Waals surface area contributed by atoms with Crippen LogP contribution < -0.4 is 10.1 Å². The highest BCUT2D eigenvalue weighted by molar-refractivity contribution is 5.42. The topological polar surface area (TPSA) is 46.0 Å². The number of nitrogens with zero attached hydrogens (tertiary/aromatic N) is 2. The van der Waals surface area contributed by atoms with E-state index in [0.717, 1.165) is 17.1 Å². The summed E-state index contributed by atoms with van der Waals surface area (Å²) in [4.78, 5) is 0. The zero-order valence-electron chi connectivity index (χ0n) is 12.2. The highest BCUT2D eigenvalue weighted by Crippen LogP contribution is 2.20. The van der Waals surface area contributed by atoms with E-state index in [1.54, 1.807) is 0 Å². The second-order valence-electron chi connectivity index (χ2n) is 3.96. The summed E-state index contributed by atoms with van der Waals surface area (Å²) in [6, 6.07) is 17.2. The molecule has 0 aromatic heterocycles. The Morgan fingerprint density at radius 3 is 1.85 bits per heavy atom. The van der Waals surface area contributed by atoms with Crippen molar-refractivity contribution in [3.05, 3.63) is 54.6 Å². The SMILES string of the molecule is CCOc1ccc(N=Nc2ccccc2)cc1.CNC. The molecule has 0 aliphatic rings. The Balaban J connectivity index is 0.000000612. The third-order valence-electron chi connectivity index (χ3n) is 2.18. The van der Waals surface area contributed by atoms with E-state index in [9.17, 15) is 0 Å². The van der Waals surface area contributed by atoms with Gasteiger partial charge in [0.1, 0.15) is 5.75 Å². The number of hydrogen-bond acceptors (Lipinski definition) is 4. The fraction of sp³-hybridized carbons (Fsp3) is 0.250. The Labute approximate surface area is 120 Å². The van der Waals surface area contributed by atoms with Crippen LogP contribution in [0.25, 0.3) is 0 Å². The summed E-state index contributed by atoms with van der Waals surface area (Å²) in [6.07, 6.45) is 0. The van der Waals surface area contributed by atoms with Crippen molar-refractivity contribution in [2.24, 2.45) is 10.2 Å². The fourth-order valence-electron chi connectivity index (χ4n) is 1.39. The van der Waals surface area contributed by atoms with Crippen molar-refractivity contribution in [2.45, 2.75) is 6.92 Å². The Morgan fingerprint density at radius 2 is 1.35 bits per heavy atom. The van der Waals surface area contributed by atoms with Gasteiger partial charge in [0.2, 0.25) is 0 Å². The van der Waals surface area contributed by atoms with Crippen LogP contribution in [0.1, 0.15) is 6.92 Å². The van der Waals surface area contributed by atoms with Gasteiger partial charge in [-0.3, -0.25) is 0 Å². The molecule has 2 rings (SSSR count). The molecule has 0 spiro atoms. The van der Waals surface area contributed by atoms with E-state index in [1.165, 1.54) is 0 Å². The van der Waals surface area contributed by atoms with E-state index in [-0.39, 0.29) is 0 Å². The molecule has 0 amide bonds. The molecule has 4 nitrogen and oxygen atoms in total. The lowest BCUT2D eigenvalue weighted by Crippen LogP contribution is -1.89. The molecule has 20 heavy (non-hydrogen) atoms. The summed E-state index contributed by atoms with van der Waals surface area (Å²) in [5.74, 6) is 0.853. The molecule has 0 bridgehead atoms. The molecule has 0 fully saturated rings. The lowest BCUT2D eigenvalue weighted by molar-refractivity contribution is 0.340. The van der Waals surface area contributed by atoms with Crippen molar-refractivity contribution in [3.63, 3.8) is 0 Å². The monoisotopic (exact) mass is 271 g/mol. The van der Waals surface area contributed by atoms with Gasteiger partial charge < -0.3 is 10.1 Å². The Hall–Kier alpha value is -2.20. The Kier molecular flexibility index (Phi) is 7.69. The Morgan fingerprint density at radius 1 is 0.850 bits per heavy atom. The smallest absolute Gasteiger partial charge is 0.119 e. The van der Waals surface area contributed by atoms with Gasteiger partial charge in [0.05, 0.1) is 18.0 Å². The standard InChI is InChI=1S/C14H14N2O.C2H7N/c1-2-17-14-10-8-13(9-11-14)16-15-12-6-4-3-5-7-12;1-3-2/h3-11H,2H2,1H3;3H,1-2H3. The van der Waals surface area contributed by atoms with Crippen LogP contribution in [0.2, 0.25) is 0 Å². The third-order valence-corrected chi connectivity index (χ3v) is 2.18. The van der Waals surface area contributed by atoms with Crippen molar-refractivity contribution < 1.29 is 4.74 Å². The first kappa shape index (κ1) is 15.9. The van der Waals surface area contributed by atoms with E-state index in [1.807, 2.05) is 75.6 Å². The van der Waals surface area contributed by atoms with Crippen LogP contribution in [0.4, 0.5) is 11.4 Å². The van der Waals surface area contributed by atoms with Gasteiger partial charge in [0.25, 0.3) is 0 Å². The number of rotatable bonds is 4. The van der Waals surface area contributed by atoms with Gasteiger partial charge in [0, 0.05) is 0 Å². The Bertz CT molecular complexity index is 495. The molecule has 0 radical (unpaired) electrons. The summed E-state index contributed by atoms with van der Waals surface area (Å²) < 4.78 is 5.35. The highest BCUT2D eigenvalue weighted by Gasteiger charge is 1.93. The van der Waals surface area contributed by atoms with Gasteiger partial charge in [-0.05, 0) is 57.4 Å². The molecule has 0 saturated carbocycles.